The first kappa shape index (κ1) is 75.2. The minimum absolute atomic E-state index is 0.0595. The van der Waals surface area contributed by atoms with Crippen molar-refractivity contribution in [2.45, 2.75) is 150 Å². The van der Waals surface area contributed by atoms with Crippen LogP contribution in [0.5, 0.6) is 0 Å². The van der Waals surface area contributed by atoms with Gasteiger partial charge in [-0.05, 0) is 18.9 Å². The number of hydrogen-bond acceptors (Lipinski definition) is 24. The Labute approximate surface area is 548 Å². The number of aromatic nitrogens is 13. The zero-order valence-corrected chi connectivity index (χ0v) is 56.3. The Kier molecular flexibility index (Phi) is 24.2. The summed E-state index contributed by atoms with van der Waals surface area (Å²) < 4.78 is 53.6. The molecule has 11 heterocycles. The normalized spacial score (nSPS) is 32.8. The highest BCUT2D eigenvalue weighted by Crippen LogP contribution is 2.50. The smallest absolute Gasteiger partial charge is 0.351 e. The largest absolute Gasteiger partial charge is 0.474 e. The zero-order valence-electron chi connectivity index (χ0n) is 56.3. The van der Waals surface area contributed by atoms with Crippen molar-refractivity contribution in [3.63, 3.8) is 0 Å². The zero-order chi connectivity index (χ0) is 71.1. The average Bonchev–Trinajstić information content (AvgIpc) is 1.68. The molecule has 5 saturated heterocycles. The van der Waals surface area contributed by atoms with E-state index in [1.807, 2.05) is 55.4 Å². The van der Waals surface area contributed by atoms with Crippen LogP contribution < -0.4 is 50.7 Å². The van der Waals surface area contributed by atoms with Crippen molar-refractivity contribution < 1.29 is 58.3 Å². The van der Waals surface area contributed by atoms with Crippen molar-refractivity contribution in [2.24, 2.45) is 59.2 Å². The predicted molar refractivity (Wildman–Crippen MR) is 341 cm³/mol. The van der Waals surface area contributed by atoms with Crippen LogP contribution in [0.4, 0.5) is 0 Å². The molecule has 6 aromatic rings. The molecule has 6 aromatic heterocycles. The third kappa shape index (κ3) is 14.9. The van der Waals surface area contributed by atoms with Gasteiger partial charge >= 0.3 is 28.4 Å². The second-order valence-electron chi connectivity index (χ2n) is 24.6. The summed E-state index contributed by atoms with van der Waals surface area (Å²) in [4.78, 5) is 124. The molecule has 34 heteroatoms. The van der Waals surface area contributed by atoms with E-state index >= 15 is 0 Å². The molecule has 0 radical (unpaired) electrons. The van der Waals surface area contributed by atoms with E-state index < -0.39 is 99.7 Å². The third-order valence-corrected chi connectivity index (χ3v) is 19.9. The lowest BCUT2D eigenvalue weighted by Gasteiger charge is -2.30. The van der Waals surface area contributed by atoms with Gasteiger partial charge in [0.1, 0.15) is 44.2 Å². The highest BCUT2D eigenvalue weighted by Gasteiger charge is 2.56. The van der Waals surface area contributed by atoms with Crippen LogP contribution >= 0.6 is 0 Å². The molecule has 0 saturated carbocycles. The lowest BCUT2D eigenvalue weighted by molar-refractivity contribution is -0.418. The minimum atomic E-state index is -1.57. The minimum Gasteiger partial charge on any atom is -0.474 e. The molecule has 0 aromatic carbocycles. The number of aliphatic hydroxyl groups excluding tert-OH is 2. The number of hydrogen-bond donors (Lipinski definition) is 7. The molecule has 528 valence electrons. The van der Waals surface area contributed by atoms with E-state index in [0.29, 0.717) is 24.4 Å². The topological polar surface area (TPSA) is 429 Å². The summed E-state index contributed by atoms with van der Waals surface area (Å²) in [6.45, 7) is 26.5. The molecule has 0 amide bonds. The van der Waals surface area contributed by atoms with Crippen LogP contribution in [0.25, 0.3) is 5.82 Å². The summed E-state index contributed by atoms with van der Waals surface area (Å²) in [5.74, 6) is -2.82. The van der Waals surface area contributed by atoms with E-state index in [1.54, 1.807) is 40.3 Å². The number of nitrogens with zero attached hydrogens (tertiary/aromatic N) is 9. The van der Waals surface area contributed by atoms with E-state index in [0.717, 1.165) is 0 Å². The molecule has 5 aliphatic rings. The fourth-order valence-corrected chi connectivity index (χ4v) is 12.7. The fourth-order valence-electron chi connectivity index (χ4n) is 12.7. The van der Waals surface area contributed by atoms with Crippen molar-refractivity contribution in [1.82, 2.24) is 62.5 Å². The van der Waals surface area contributed by atoms with Crippen molar-refractivity contribution in [2.75, 3.05) is 34.5 Å². The van der Waals surface area contributed by atoms with Gasteiger partial charge in [0.25, 0.3) is 22.2 Å². The summed E-state index contributed by atoms with van der Waals surface area (Å²) >= 11 is 0. The maximum atomic E-state index is 12.4. The van der Waals surface area contributed by atoms with E-state index in [-0.39, 0.29) is 77.7 Å². The Bertz CT molecular complexity index is 3910. The lowest BCUT2D eigenvalue weighted by Crippen LogP contribution is -2.41. The number of aromatic amines is 4. The molecule has 0 aliphatic carbocycles. The number of nitrogens with one attached hydrogen (secondary N) is 4. The summed E-state index contributed by atoms with van der Waals surface area (Å²) in [5.41, 5.74) is -4.24. The SMILES string of the molecule is C=C1O[C@@H](n2ccc(=O)[nH]c2=O)[C@H](C)[C@@H]1C.CC[C@@]1(OC)O[C@@H](n2ccc(-n3cncn3)nc2=O)[C@H](C)[C@@H]1C.CC[C@@]1(OC)O[C@@H](n2ccc(=O)[nH]c2=O)[C@H](C)[C@@H]1C.CO[C@]1(CO)O[C@@H](n2ccc(=O)[nH]c2=O)[C@H](C)[C@@H]1C.C[C@H]1[C@H](n2ccc(=O)[nH]c2=O)O[C@@](CO)(OO)[C@H]1C. The Morgan fingerprint density at radius 1 is 0.490 bits per heavy atom. The lowest BCUT2D eigenvalue weighted by atomic mass is 9.89. The van der Waals surface area contributed by atoms with Crippen LogP contribution in [-0.2, 0) is 42.8 Å². The number of allylic oxidation sites excluding steroid dienone is 1. The first-order valence-corrected chi connectivity index (χ1v) is 31.3. The highest BCUT2D eigenvalue weighted by molar-refractivity contribution is 5.17. The fraction of sp³-hybridized carbons (Fsp3) is 0.613. The Balaban J connectivity index is 0.000000170. The molecule has 7 N–H and O–H groups in total. The van der Waals surface area contributed by atoms with Crippen molar-refractivity contribution in [3.8, 4) is 5.82 Å². The summed E-state index contributed by atoms with van der Waals surface area (Å²) in [6, 6.07) is 6.80. The quantitative estimate of drug-likeness (QED) is 0.0608. The van der Waals surface area contributed by atoms with Gasteiger partial charge in [-0.3, -0.25) is 61.9 Å². The summed E-state index contributed by atoms with van der Waals surface area (Å²) in [7, 11) is 4.71. The molecule has 96 heavy (non-hydrogen) atoms. The molecule has 5 aliphatic heterocycles. The maximum Gasteiger partial charge on any atom is 0.351 e. The van der Waals surface area contributed by atoms with Crippen LogP contribution in [0.3, 0.4) is 0 Å². The molecule has 0 unspecified atom stereocenters. The van der Waals surface area contributed by atoms with Crippen LogP contribution in [0.2, 0.25) is 0 Å². The van der Waals surface area contributed by atoms with E-state index in [4.69, 9.17) is 43.2 Å². The third-order valence-electron chi connectivity index (χ3n) is 19.9. The summed E-state index contributed by atoms with van der Waals surface area (Å²) in [6.07, 6.45) is 9.03. The van der Waals surface area contributed by atoms with Gasteiger partial charge in [-0.2, -0.15) is 10.1 Å². The second kappa shape index (κ2) is 30.9. The number of H-pyrrole nitrogens is 4. The van der Waals surface area contributed by atoms with Crippen LogP contribution in [0.1, 0.15) is 127 Å². The van der Waals surface area contributed by atoms with Gasteiger partial charge in [-0.1, -0.05) is 89.7 Å². The van der Waals surface area contributed by atoms with Gasteiger partial charge in [0.05, 0.1) is 12.4 Å². The van der Waals surface area contributed by atoms with Crippen LogP contribution in [-0.4, -0.2) is 136 Å². The molecule has 19 atom stereocenters. The molecular formula is C62H89N13O21. The van der Waals surface area contributed by atoms with Gasteiger partial charge in [0.15, 0.2) is 29.4 Å². The maximum absolute atomic E-state index is 12.4. The number of rotatable bonds is 14. The van der Waals surface area contributed by atoms with Crippen molar-refractivity contribution >= 4 is 0 Å². The Hall–Kier alpha value is -8.16. The molecule has 34 nitrogen and oxygen atoms in total. The average molecular weight is 1350 g/mol. The van der Waals surface area contributed by atoms with Gasteiger partial charge in [-0.15, -0.1) is 0 Å². The first-order valence-electron chi connectivity index (χ1n) is 31.3. The standard InChI is InChI=1S/C15H21N5O3.C13H20N2O4.C12H18N2O5.C11H16N2O6.C11H14N2O3/c1-5-15(22-4)11(3)10(2)13(23-15)19-7-6-12(18-14(19)21)20-9-16-8-17-20;1-5-13(18-4)9(3)8(2)11(19-13)15-7-6-10(16)14-12(15)17;1-7-8(2)12(6-15,18-3)19-10(7)14-5-4-9(16)13-11(14)17;1-6-7(2)11(5-14,19-17)18-9(6)13-4-3-8(15)12-10(13)16;1-6-7(2)10(16-8(6)3)13-5-4-9(14)12-11(13)15/h6-11,13H,5H2,1-4H3;6-9,11H,5H2,1-4H3,(H,14,16,17);4-5,7-8,10,15H,6H2,1-3H3,(H,13,16,17);3-4,6-7,9,14,17H,5H2,1-2H3,(H,12,15,16);4-7,10H,3H2,1-2H3,(H,12,14,15)/t10-,11+,13-,15-;8-,9+,11-,13-;7-,8+,10-,12-;6-,7+,9-,11+;6-,7+,10+/m11110/s1. The molecule has 11 rings (SSSR count). The number of ether oxygens (including phenoxy) is 8. The van der Waals surface area contributed by atoms with Gasteiger partial charge < -0.3 is 48.1 Å². The number of aliphatic hydroxyl groups is 2. The second-order valence-corrected chi connectivity index (χ2v) is 24.6. The predicted octanol–water partition coefficient (Wildman–Crippen LogP) is 2.51. The Morgan fingerprint density at radius 3 is 1.09 bits per heavy atom. The summed E-state index contributed by atoms with van der Waals surface area (Å²) in [5, 5.41) is 31.7. The van der Waals surface area contributed by atoms with Crippen molar-refractivity contribution in [1.29, 1.82) is 0 Å². The van der Waals surface area contributed by atoms with Gasteiger partial charge in [0.2, 0.25) is 5.79 Å². The van der Waals surface area contributed by atoms with E-state index in [2.05, 4.69) is 60.3 Å². The van der Waals surface area contributed by atoms with E-state index in [9.17, 15) is 53.4 Å². The van der Waals surface area contributed by atoms with Crippen molar-refractivity contribution in [3.05, 3.63) is 180 Å². The highest BCUT2D eigenvalue weighted by atomic mass is 17.1. The van der Waals surface area contributed by atoms with Crippen LogP contribution in [0.15, 0.2) is 129 Å². The Morgan fingerprint density at radius 2 is 0.823 bits per heavy atom. The first-order chi connectivity index (χ1) is 45.4. The molecule has 5 fully saturated rings. The molecule has 0 bridgehead atoms. The number of methoxy groups -OCH3 is 3. The van der Waals surface area contributed by atoms with Gasteiger partial charge in [0, 0.05) is 136 Å². The molecule has 0 spiro atoms. The monoisotopic (exact) mass is 1350 g/mol. The van der Waals surface area contributed by atoms with Crippen LogP contribution in [0, 0.1) is 59.2 Å². The van der Waals surface area contributed by atoms with E-state index in [1.165, 1.54) is 96.3 Å². The van der Waals surface area contributed by atoms with Gasteiger partial charge in [-0.25, -0.2) is 43.8 Å². The molecular weight excluding hydrogens is 1260 g/mol.